The number of rotatable bonds is 4. The molecular weight excluding hydrogens is 310 g/mol. The fraction of sp³-hybridized carbons (Fsp3) is 0.375. The van der Waals surface area contributed by atoms with Crippen molar-refractivity contribution in [3.63, 3.8) is 0 Å². The molecule has 0 spiro atoms. The molecule has 0 radical (unpaired) electrons. The minimum absolute atomic E-state index is 0.205. The van der Waals surface area contributed by atoms with Crippen molar-refractivity contribution >= 4 is 22.7 Å². The Morgan fingerprint density at radius 3 is 3.21 bits per heavy atom. The maximum Gasteiger partial charge on any atom is 0.257 e. The SMILES string of the molecule is Cc1noc2ncc(C(=O)Nc3cnn(C[C@@H]4CCCO4)c3)cc12. The fourth-order valence-corrected chi connectivity index (χ4v) is 2.80. The van der Waals surface area contributed by atoms with Gasteiger partial charge in [-0.25, -0.2) is 4.98 Å². The summed E-state index contributed by atoms with van der Waals surface area (Å²) in [6.45, 7) is 3.32. The Kier molecular flexibility index (Phi) is 3.73. The van der Waals surface area contributed by atoms with E-state index in [0.29, 0.717) is 29.2 Å². The predicted molar refractivity (Wildman–Crippen MR) is 85.7 cm³/mol. The Labute approximate surface area is 137 Å². The number of fused-ring (bicyclic) bond motifs is 1. The van der Waals surface area contributed by atoms with E-state index in [2.05, 4.69) is 20.6 Å². The summed E-state index contributed by atoms with van der Waals surface area (Å²) in [5, 5.41) is 11.7. The maximum atomic E-state index is 12.4. The van der Waals surface area contributed by atoms with Crippen LogP contribution in [0, 0.1) is 6.92 Å². The highest BCUT2D eigenvalue weighted by molar-refractivity contribution is 6.05. The van der Waals surface area contributed by atoms with E-state index >= 15 is 0 Å². The van der Waals surface area contributed by atoms with Gasteiger partial charge in [0.05, 0.1) is 41.2 Å². The number of hydrogen-bond donors (Lipinski definition) is 1. The van der Waals surface area contributed by atoms with Crippen LogP contribution in [0.25, 0.3) is 11.1 Å². The number of carbonyl (C=O) groups excluding carboxylic acids is 1. The van der Waals surface area contributed by atoms with E-state index < -0.39 is 0 Å². The number of nitrogens with zero attached hydrogens (tertiary/aromatic N) is 4. The molecule has 4 heterocycles. The fourth-order valence-electron chi connectivity index (χ4n) is 2.80. The average Bonchev–Trinajstić information content (AvgIpc) is 3.31. The normalized spacial score (nSPS) is 17.5. The molecule has 4 rings (SSSR count). The highest BCUT2D eigenvalue weighted by Gasteiger charge is 2.17. The second-order valence-electron chi connectivity index (χ2n) is 5.88. The summed E-state index contributed by atoms with van der Waals surface area (Å²) in [5.74, 6) is -0.248. The van der Waals surface area contributed by atoms with Gasteiger partial charge in [0, 0.05) is 19.0 Å². The van der Waals surface area contributed by atoms with Crippen molar-refractivity contribution in [1.29, 1.82) is 0 Å². The Hall–Kier alpha value is -2.74. The highest BCUT2D eigenvalue weighted by Crippen LogP contribution is 2.18. The highest BCUT2D eigenvalue weighted by atomic mass is 16.5. The second-order valence-corrected chi connectivity index (χ2v) is 5.88. The van der Waals surface area contributed by atoms with Crippen LogP contribution in [0.4, 0.5) is 5.69 Å². The molecule has 1 saturated heterocycles. The maximum absolute atomic E-state index is 12.4. The minimum atomic E-state index is -0.248. The zero-order valence-corrected chi connectivity index (χ0v) is 13.2. The Bertz CT molecular complexity index is 879. The zero-order valence-electron chi connectivity index (χ0n) is 13.2. The van der Waals surface area contributed by atoms with Crippen LogP contribution in [-0.2, 0) is 11.3 Å². The molecule has 8 nitrogen and oxygen atoms in total. The Morgan fingerprint density at radius 2 is 2.38 bits per heavy atom. The number of anilines is 1. The molecule has 124 valence electrons. The lowest BCUT2D eigenvalue weighted by molar-refractivity contribution is 0.0940. The van der Waals surface area contributed by atoms with E-state index in [9.17, 15) is 4.79 Å². The molecule has 24 heavy (non-hydrogen) atoms. The summed E-state index contributed by atoms with van der Waals surface area (Å²) < 4.78 is 12.4. The number of nitrogens with one attached hydrogen (secondary N) is 1. The van der Waals surface area contributed by atoms with Gasteiger partial charge in [-0.05, 0) is 25.8 Å². The van der Waals surface area contributed by atoms with Crippen molar-refractivity contribution in [3.8, 4) is 0 Å². The van der Waals surface area contributed by atoms with E-state index in [1.165, 1.54) is 6.20 Å². The van der Waals surface area contributed by atoms with Gasteiger partial charge in [-0.2, -0.15) is 5.10 Å². The van der Waals surface area contributed by atoms with Gasteiger partial charge in [0.15, 0.2) is 0 Å². The summed E-state index contributed by atoms with van der Waals surface area (Å²) in [5.41, 5.74) is 2.21. The van der Waals surface area contributed by atoms with Crippen molar-refractivity contribution in [1.82, 2.24) is 19.9 Å². The summed E-state index contributed by atoms with van der Waals surface area (Å²) >= 11 is 0. The van der Waals surface area contributed by atoms with E-state index in [1.54, 1.807) is 23.1 Å². The van der Waals surface area contributed by atoms with Crippen molar-refractivity contribution in [3.05, 3.63) is 35.9 Å². The van der Waals surface area contributed by atoms with Gasteiger partial charge in [-0.3, -0.25) is 9.48 Å². The lowest BCUT2D eigenvalue weighted by Crippen LogP contribution is -2.15. The molecule has 0 aromatic carbocycles. The number of ether oxygens (including phenoxy) is 1. The predicted octanol–water partition coefficient (Wildman–Crippen LogP) is 2.16. The standard InChI is InChI=1S/C16H17N5O3/c1-10-14-5-11(6-17-16(14)24-20-10)15(22)19-12-7-18-21(8-12)9-13-3-2-4-23-13/h5-8,13H,2-4,9H2,1H3,(H,19,22)/t13-/m0/s1. The van der Waals surface area contributed by atoms with E-state index in [0.717, 1.165) is 24.8 Å². The average molecular weight is 327 g/mol. The summed E-state index contributed by atoms with van der Waals surface area (Å²) in [4.78, 5) is 16.5. The molecule has 0 aliphatic carbocycles. The lowest BCUT2D eigenvalue weighted by Gasteiger charge is -2.08. The Balaban J connectivity index is 1.46. The first-order valence-electron chi connectivity index (χ1n) is 7.86. The first kappa shape index (κ1) is 14.8. The number of amides is 1. The first-order valence-corrected chi connectivity index (χ1v) is 7.86. The summed E-state index contributed by atoms with van der Waals surface area (Å²) in [6.07, 6.45) is 7.24. The van der Waals surface area contributed by atoms with Gasteiger partial charge in [0.1, 0.15) is 0 Å². The molecule has 1 fully saturated rings. The van der Waals surface area contributed by atoms with Crippen LogP contribution in [0.1, 0.15) is 28.9 Å². The quantitative estimate of drug-likeness (QED) is 0.789. The van der Waals surface area contributed by atoms with Crippen molar-refractivity contribution in [2.75, 3.05) is 11.9 Å². The van der Waals surface area contributed by atoms with Gasteiger partial charge >= 0.3 is 0 Å². The van der Waals surface area contributed by atoms with Gasteiger partial charge in [0.2, 0.25) is 0 Å². The van der Waals surface area contributed by atoms with Crippen molar-refractivity contribution in [2.45, 2.75) is 32.4 Å². The van der Waals surface area contributed by atoms with Crippen LogP contribution in [0.2, 0.25) is 0 Å². The summed E-state index contributed by atoms with van der Waals surface area (Å²) in [6, 6.07) is 1.72. The third-order valence-electron chi connectivity index (χ3n) is 4.08. The molecule has 0 unspecified atom stereocenters. The van der Waals surface area contributed by atoms with Crippen molar-refractivity contribution in [2.24, 2.45) is 0 Å². The molecule has 0 bridgehead atoms. The topological polar surface area (TPSA) is 95.1 Å². The number of hydrogen-bond acceptors (Lipinski definition) is 6. The molecule has 1 aliphatic rings. The van der Waals surface area contributed by atoms with Crippen LogP contribution in [0.5, 0.6) is 0 Å². The molecule has 8 heteroatoms. The largest absolute Gasteiger partial charge is 0.376 e. The van der Waals surface area contributed by atoms with Crippen LogP contribution < -0.4 is 5.32 Å². The molecule has 1 aliphatic heterocycles. The minimum Gasteiger partial charge on any atom is -0.376 e. The number of aromatic nitrogens is 4. The third kappa shape index (κ3) is 2.88. The van der Waals surface area contributed by atoms with E-state index in [-0.39, 0.29) is 12.0 Å². The summed E-state index contributed by atoms with van der Waals surface area (Å²) in [7, 11) is 0. The number of aryl methyl sites for hydroxylation is 1. The molecule has 3 aromatic heterocycles. The molecule has 1 atom stereocenters. The second kappa shape index (κ2) is 6.04. The lowest BCUT2D eigenvalue weighted by atomic mass is 10.2. The van der Waals surface area contributed by atoms with Crippen LogP contribution in [-0.4, -0.2) is 38.5 Å². The van der Waals surface area contributed by atoms with Crippen LogP contribution in [0.15, 0.2) is 29.2 Å². The monoisotopic (exact) mass is 327 g/mol. The number of carbonyl (C=O) groups is 1. The molecular formula is C16H17N5O3. The van der Waals surface area contributed by atoms with E-state index in [1.807, 2.05) is 6.92 Å². The Morgan fingerprint density at radius 1 is 1.46 bits per heavy atom. The van der Waals surface area contributed by atoms with Crippen LogP contribution >= 0.6 is 0 Å². The van der Waals surface area contributed by atoms with Crippen LogP contribution in [0.3, 0.4) is 0 Å². The van der Waals surface area contributed by atoms with Gasteiger partial charge < -0.3 is 14.6 Å². The first-order chi connectivity index (χ1) is 11.7. The molecule has 1 amide bonds. The zero-order chi connectivity index (χ0) is 16.5. The molecule has 3 aromatic rings. The third-order valence-corrected chi connectivity index (χ3v) is 4.08. The van der Waals surface area contributed by atoms with E-state index in [4.69, 9.17) is 9.26 Å². The molecule has 0 saturated carbocycles. The van der Waals surface area contributed by atoms with Gasteiger partial charge in [0.25, 0.3) is 11.6 Å². The number of pyridine rings is 1. The van der Waals surface area contributed by atoms with Crippen molar-refractivity contribution < 1.29 is 14.1 Å². The van der Waals surface area contributed by atoms with Gasteiger partial charge in [-0.15, -0.1) is 0 Å². The smallest absolute Gasteiger partial charge is 0.257 e. The molecule has 1 N–H and O–H groups in total. The van der Waals surface area contributed by atoms with Gasteiger partial charge in [-0.1, -0.05) is 5.16 Å².